The standard InChI is InChI=1S/C16H22Cl2N2O/c1-11(16(21)20-14-4-2-3-5-14)19-9-8-12-6-7-13(17)10-15(12)18/h6-7,10-11,14,19H,2-5,8-9H2,1H3,(H,20,21). The van der Waals surface area contributed by atoms with Gasteiger partial charge in [0.2, 0.25) is 5.91 Å². The summed E-state index contributed by atoms with van der Waals surface area (Å²) in [6, 6.07) is 5.69. The first-order valence-electron chi connectivity index (χ1n) is 7.54. The van der Waals surface area contributed by atoms with Gasteiger partial charge in [-0.15, -0.1) is 0 Å². The molecule has 1 aliphatic rings. The van der Waals surface area contributed by atoms with Gasteiger partial charge in [-0.2, -0.15) is 0 Å². The molecule has 0 aliphatic heterocycles. The molecule has 0 radical (unpaired) electrons. The molecular weight excluding hydrogens is 307 g/mol. The topological polar surface area (TPSA) is 41.1 Å². The highest BCUT2D eigenvalue weighted by atomic mass is 35.5. The molecule has 1 amide bonds. The molecule has 2 N–H and O–H groups in total. The Labute approximate surface area is 136 Å². The van der Waals surface area contributed by atoms with Crippen molar-refractivity contribution in [3.8, 4) is 0 Å². The summed E-state index contributed by atoms with van der Waals surface area (Å²) >= 11 is 12.0. The van der Waals surface area contributed by atoms with E-state index in [2.05, 4.69) is 10.6 Å². The van der Waals surface area contributed by atoms with Crippen molar-refractivity contribution in [2.24, 2.45) is 0 Å². The van der Waals surface area contributed by atoms with Crippen LogP contribution in [0.1, 0.15) is 38.2 Å². The van der Waals surface area contributed by atoms with Crippen molar-refractivity contribution in [2.75, 3.05) is 6.54 Å². The van der Waals surface area contributed by atoms with Crippen molar-refractivity contribution < 1.29 is 4.79 Å². The average Bonchev–Trinajstić information content (AvgIpc) is 2.94. The van der Waals surface area contributed by atoms with Crippen molar-refractivity contribution >= 4 is 29.1 Å². The third-order valence-corrected chi connectivity index (χ3v) is 4.54. The van der Waals surface area contributed by atoms with Crippen molar-refractivity contribution in [1.82, 2.24) is 10.6 Å². The Morgan fingerprint density at radius 2 is 2.05 bits per heavy atom. The lowest BCUT2D eigenvalue weighted by atomic mass is 10.1. The predicted octanol–water partition coefficient (Wildman–Crippen LogP) is 3.57. The number of rotatable bonds is 6. The fourth-order valence-electron chi connectivity index (χ4n) is 2.64. The van der Waals surface area contributed by atoms with Gasteiger partial charge >= 0.3 is 0 Å². The molecule has 1 fully saturated rings. The largest absolute Gasteiger partial charge is 0.352 e. The summed E-state index contributed by atoms with van der Waals surface area (Å²) in [5, 5.41) is 7.66. The molecule has 1 unspecified atom stereocenters. The molecule has 21 heavy (non-hydrogen) atoms. The van der Waals surface area contributed by atoms with E-state index in [0.717, 1.165) is 24.8 Å². The molecule has 3 nitrogen and oxygen atoms in total. The summed E-state index contributed by atoms with van der Waals surface area (Å²) in [6.45, 7) is 2.61. The predicted molar refractivity (Wildman–Crippen MR) is 88.0 cm³/mol. The fraction of sp³-hybridized carbons (Fsp3) is 0.562. The maximum atomic E-state index is 12.0. The van der Waals surface area contributed by atoms with Gasteiger partial charge in [0.1, 0.15) is 0 Å². The molecule has 0 heterocycles. The number of hydrogen-bond acceptors (Lipinski definition) is 2. The van der Waals surface area contributed by atoms with Crippen LogP contribution in [0.2, 0.25) is 10.0 Å². The molecule has 1 aromatic rings. The number of hydrogen-bond donors (Lipinski definition) is 2. The van der Waals surface area contributed by atoms with Crippen LogP contribution in [0.5, 0.6) is 0 Å². The number of carbonyl (C=O) groups excluding carboxylic acids is 1. The maximum Gasteiger partial charge on any atom is 0.237 e. The van der Waals surface area contributed by atoms with Gasteiger partial charge in [0.25, 0.3) is 0 Å². The molecule has 2 rings (SSSR count). The number of amides is 1. The minimum Gasteiger partial charge on any atom is -0.352 e. The average molecular weight is 329 g/mol. The smallest absolute Gasteiger partial charge is 0.237 e. The number of nitrogens with one attached hydrogen (secondary N) is 2. The fourth-order valence-corrected chi connectivity index (χ4v) is 3.14. The first kappa shape index (κ1) is 16.6. The zero-order chi connectivity index (χ0) is 15.2. The molecule has 0 bridgehead atoms. The van der Waals surface area contributed by atoms with Crippen molar-refractivity contribution in [1.29, 1.82) is 0 Å². The lowest BCUT2D eigenvalue weighted by Gasteiger charge is -2.18. The summed E-state index contributed by atoms with van der Waals surface area (Å²) in [6.07, 6.45) is 5.44. The molecule has 0 spiro atoms. The highest BCUT2D eigenvalue weighted by Crippen LogP contribution is 2.21. The molecule has 1 saturated carbocycles. The lowest BCUT2D eigenvalue weighted by Crippen LogP contribution is -2.46. The van der Waals surface area contributed by atoms with E-state index in [4.69, 9.17) is 23.2 Å². The zero-order valence-corrected chi connectivity index (χ0v) is 13.8. The zero-order valence-electron chi connectivity index (χ0n) is 12.3. The number of benzene rings is 1. The van der Waals surface area contributed by atoms with Crippen LogP contribution in [0.3, 0.4) is 0 Å². The molecule has 0 saturated heterocycles. The Morgan fingerprint density at radius 1 is 1.33 bits per heavy atom. The molecule has 116 valence electrons. The van der Waals surface area contributed by atoms with Crippen LogP contribution in [0.25, 0.3) is 0 Å². The van der Waals surface area contributed by atoms with Gasteiger partial charge in [-0.05, 0) is 50.4 Å². The molecule has 1 aromatic carbocycles. The van der Waals surface area contributed by atoms with Gasteiger partial charge in [0.05, 0.1) is 6.04 Å². The molecular formula is C16H22Cl2N2O. The summed E-state index contributed by atoms with van der Waals surface area (Å²) in [4.78, 5) is 12.0. The van der Waals surface area contributed by atoms with Crippen LogP contribution >= 0.6 is 23.2 Å². The van der Waals surface area contributed by atoms with Crippen LogP contribution in [-0.2, 0) is 11.2 Å². The van der Waals surface area contributed by atoms with E-state index >= 15 is 0 Å². The molecule has 1 aliphatic carbocycles. The number of carbonyl (C=O) groups is 1. The van der Waals surface area contributed by atoms with Gasteiger partial charge in [0, 0.05) is 16.1 Å². The second kappa shape index (κ2) is 8.02. The summed E-state index contributed by atoms with van der Waals surface area (Å²) < 4.78 is 0. The van der Waals surface area contributed by atoms with Crippen LogP contribution in [0, 0.1) is 0 Å². The van der Waals surface area contributed by atoms with E-state index in [9.17, 15) is 4.79 Å². The first-order valence-corrected chi connectivity index (χ1v) is 8.29. The van der Waals surface area contributed by atoms with Crippen molar-refractivity contribution in [3.63, 3.8) is 0 Å². The van der Waals surface area contributed by atoms with Crippen LogP contribution in [0.15, 0.2) is 18.2 Å². The van der Waals surface area contributed by atoms with Crippen LogP contribution in [0.4, 0.5) is 0 Å². The normalized spacial score (nSPS) is 16.9. The quantitative estimate of drug-likeness (QED) is 0.838. The van der Waals surface area contributed by atoms with Gasteiger partial charge in [-0.3, -0.25) is 4.79 Å². The highest BCUT2D eigenvalue weighted by molar-refractivity contribution is 6.35. The monoisotopic (exact) mass is 328 g/mol. The third kappa shape index (κ3) is 5.17. The van der Waals surface area contributed by atoms with E-state index in [0.29, 0.717) is 22.6 Å². The summed E-state index contributed by atoms with van der Waals surface area (Å²) in [5.41, 5.74) is 1.04. The van der Waals surface area contributed by atoms with E-state index in [-0.39, 0.29) is 11.9 Å². The van der Waals surface area contributed by atoms with Gasteiger partial charge in [-0.25, -0.2) is 0 Å². The van der Waals surface area contributed by atoms with Crippen LogP contribution in [-0.4, -0.2) is 24.5 Å². The first-order chi connectivity index (χ1) is 10.1. The van der Waals surface area contributed by atoms with E-state index in [1.54, 1.807) is 6.07 Å². The van der Waals surface area contributed by atoms with Crippen molar-refractivity contribution in [2.45, 2.75) is 51.1 Å². The Bertz CT molecular complexity index is 487. The molecule has 1 atom stereocenters. The van der Waals surface area contributed by atoms with E-state index in [1.165, 1.54) is 12.8 Å². The molecule has 5 heteroatoms. The van der Waals surface area contributed by atoms with Crippen molar-refractivity contribution in [3.05, 3.63) is 33.8 Å². The molecule has 0 aromatic heterocycles. The lowest BCUT2D eigenvalue weighted by molar-refractivity contribution is -0.123. The third-order valence-electron chi connectivity index (χ3n) is 3.95. The van der Waals surface area contributed by atoms with E-state index < -0.39 is 0 Å². The van der Waals surface area contributed by atoms with Gasteiger partial charge in [-0.1, -0.05) is 42.1 Å². The van der Waals surface area contributed by atoms with Gasteiger partial charge in [0.15, 0.2) is 0 Å². The van der Waals surface area contributed by atoms with Crippen LogP contribution < -0.4 is 10.6 Å². The maximum absolute atomic E-state index is 12.0. The summed E-state index contributed by atoms with van der Waals surface area (Å²) in [7, 11) is 0. The van der Waals surface area contributed by atoms with E-state index in [1.807, 2.05) is 19.1 Å². The summed E-state index contributed by atoms with van der Waals surface area (Å²) in [5.74, 6) is 0.0871. The Balaban J connectivity index is 1.73. The highest BCUT2D eigenvalue weighted by Gasteiger charge is 2.20. The Kier molecular flexibility index (Phi) is 6.34. The Morgan fingerprint density at radius 3 is 2.71 bits per heavy atom. The second-order valence-corrected chi connectivity index (χ2v) is 6.50. The number of halogens is 2. The minimum atomic E-state index is -0.184. The second-order valence-electron chi connectivity index (χ2n) is 5.65. The van der Waals surface area contributed by atoms with Gasteiger partial charge < -0.3 is 10.6 Å². The SMILES string of the molecule is CC(NCCc1ccc(Cl)cc1Cl)C(=O)NC1CCCC1. The Hall–Kier alpha value is -0.770. The minimum absolute atomic E-state index is 0.0871.